The molecule has 2 aromatic carbocycles. The molecule has 0 aliphatic carbocycles. The zero-order chi connectivity index (χ0) is 23.2. The fraction of sp³-hybridized carbons (Fsp3) is 0.571. The van der Waals surface area contributed by atoms with Gasteiger partial charge in [-0.05, 0) is 53.2 Å². The zero-order valence-corrected chi connectivity index (χ0v) is 23.4. The van der Waals surface area contributed by atoms with Gasteiger partial charge in [0, 0.05) is 15.9 Å². The number of rotatable bonds is 3. The van der Waals surface area contributed by atoms with Gasteiger partial charge >= 0.3 is 0 Å². The molecule has 2 heteroatoms. The van der Waals surface area contributed by atoms with Crippen LogP contribution in [0.5, 0.6) is 0 Å². The highest BCUT2D eigenvalue weighted by molar-refractivity contribution is 8.44. The van der Waals surface area contributed by atoms with Crippen molar-refractivity contribution in [1.29, 1.82) is 0 Å². The molecular weight excluding hydrogens is 398 g/mol. The van der Waals surface area contributed by atoms with Crippen LogP contribution in [0.25, 0.3) is 11.1 Å². The zero-order valence-electron chi connectivity index (χ0n) is 21.6. The Labute approximate surface area is 189 Å². The predicted octanol–water partition coefficient (Wildman–Crippen LogP) is 9.59. The molecule has 2 aromatic rings. The van der Waals surface area contributed by atoms with E-state index in [-0.39, 0.29) is 28.2 Å². The van der Waals surface area contributed by atoms with E-state index in [1.165, 1.54) is 11.1 Å². The summed E-state index contributed by atoms with van der Waals surface area (Å²) >= 11 is 0. The van der Waals surface area contributed by atoms with Gasteiger partial charge in [-0.25, -0.2) is 0 Å². The highest BCUT2D eigenvalue weighted by Gasteiger charge is 2.69. The summed E-state index contributed by atoms with van der Waals surface area (Å²) in [5, 5.41) is 2.54. The largest absolute Gasteiger partial charge is 0.105 e. The average molecular weight is 444 g/mol. The number of benzene rings is 2. The van der Waals surface area contributed by atoms with E-state index < -0.39 is 6.95 Å². The van der Waals surface area contributed by atoms with Crippen molar-refractivity contribution >= 4 is 19.9 Å². The van der Waals surface area contributed by atoms with Crippen LogP contribution in [0, 0.1) is 0 Å². The molecule has 0 N–H and O–H groups in total. The van der Waals surface area contributed by atoms with Crippen molar-refractivity contribution in [1.82, 2.24) is 0 Å². The summed E-state index contributed by atoms with van der Waals surface area (Å²) in [6.07, 6.45) is 0. The highest BCUT2D eigenvalue weighted by Crippen LogP contribution is 2.99. The van der Waals surface area contributed by atoms with Gasteiger partial charge in [0.1, 0.15) is 5.30 Å². The maximum atomic E-state index is 2.53. The molecule has 0 radical (unpaired) electrons. The van der Waals surface area contributed by atoms with E-state index in [4.69, 9.17) is 0 Å². The Balaban J connectivity index is 3.11. The molecule has 0 spiro atoms. The van der Waals surface area contributed by atoms with Gasteiger partial charge in [0.05, 0.1) is 24.9 Å². The summed E-state index contributed by atoms with van der Waals surface area (Å²) in [6, 6.07) is 20.4. The minimum Gasteiger partial charge on any atom is -0.0622 e. The fourth-order valence-electron chi connectivity index (χ4n) is 5.96. The van der Waals surface area contributed by atoms with Crippen LogP contribution in [0.15, 0.2) is 54.6 Å². The van der Waals surface area contributed by atoms with Gasteiger partial charge in [0.15, 0.2) is 0 Å². The Kier molecular flexibility index (Phi) is 7.10. The van der Waals surface area contributed by atoms with E-state index >= 15 is 0 Å². The monoisotopic (exact) mass is 443 g/mol. The van der Waals surface area contributed by atoms with Crippen LogP contribution in [-0.2, 0) is 0 Å². The van der Waals surface area contributed by atoms with Gasteiger partial charge in [0.25, 0.3) is 0 Å². The lowest BCUT2D eigenvalue weighted by atomic mass is 10.1. The maximum Gasteiger partial charge on any atom is 0.105 e. The second-order valence-electron chi connectivity index (χ2n) is 12.5. The van der Waals surface area contributed by atoms with Crippen molar-refractivity contribution in [3.63, 3.8) is 0 Å². The molecule has 30 heavy (non-hydrogen) atoms. The standard InChI is InChI=1S/C28H45P2/c1-25(2,3)29(26(4,5)6)30(27(7,8)9,28(10,11)12)24-21-17-16-20-23(24)22-18-14-13-15-19-22/h13-21H,1-12H3/q+1. The Bertz CT molecular complexity index is 809. The predicted molar refractivity (Wildman–Crippen MR) is 144 cm³/mol. The first-order valence-electron chi connectivity index (χ1n) is 11.3. The molecule has 0 atom stereocenters. The molecule has 0 bridgehead atoms. The van der Waals surface area contributed by atoms with E-state index in [1.54, 1.807) is 5.30 Å². The van der Waals surface area contributed by atoms with Crippen LogP contribution < -0.4 is 5.30 Å². The van der Waals surface area contributed by atoms with Crippen LogP contribution in [0.1, 0.15) is 83.1 Å². The van der Waals surface area contributed by atoms with Crippen LogP contribution in [-0.4, -0.2) is 20.6 Å². The first-order chi connectivity index (χ1) is 13.5. The maximum absolute atomic E-state index is 2.53. The molecule has 0 saturated heterocycles. The van der Waals surface area contributed by atoms with E-state index in [0.717, 1.165) is 0 Å². The molecule has 0 heterocycles. The molecule has 166 valence electrons. The third-order valence-electron chi connectivity index (χ3n) is 5.85. The van der Waals surface area contributed by atoms with Crippen LogP contribution in [0.2, 0.25) is 0 Å². The molecule has 0 aromatic heterocycles. The SMILES string of the molecule is CC(C)(C)P(C(C)(C)C)[P+](c1ccccc1-c1ccccc1)(C(C)(C)C)C(C)(C)C. The second kappa shape index (κ2) is 8.34. The molecule has 0 unspecified atom stereocenters. The van der Waals surface area contributed by atoms with Crippen molar-refractivity contribution in [2.24, 2.45) is 0 Å². The first-order valence-corrected chi connectivity index (χ1v) is 15.1. The van der Waals surface area contributed by atoms with Crippen LogP contribution >= 0.6 is 14.6 Å². The third kappa shape index (κ3) is 4.57. The molecular formula is C28H45P2+. The summed E-state index contributed by atoms with van der Waals surface area (Å²) in [5.74, 6) is 0. The van der Waals surface area contributed by atoms with E-state index in [0.29, 0.717) is 0 Å². The van der Waals surface area contributed by atoms with Gasteiger partial charge < -0.3 is 0 Å². The Hall–Kier alpha value is -0.700. The Morgan fingerprint density at radius 1 is 0.533 bits per heavy atom. The lowest BCUT2D eigenvalue weighted by Gasteiger charge is -2.58. The van der Waals surface area contributed by atoms with Crippen molar-refractivity contribution in [3.05, 3.63) is 54.6 Å². The summed E-state index contributed by atoms with van der Waals surface area (Å²) in [7, 11) is -0.338. The summed E-state index contributed by atoms with van der Waals surface area (Å²) in [5.41, 5.74) is 2.79. The van der Waals surface area contributed by atoms with Crippen molar-refractivity contribution in [2.45, 2.75) is 104 Å². The average Bonchev–Trinajstić information content (AvgIpc) is 2.56. The molecule has 0 aliphatic heterocycles. The van der Waals surface area contributed by atoms with Crippen molar-refractivity contribution in [2.75, 3.05) is 0 Å². The fourth-order valence-corrected chi connectivity index (χ4v) is 25.7. The second-order valence-corrected chi connectivity index (χ2v) is 23.3. The highest BCUT2D eigenvalue weighted by atomic mass is 32.1. The molecule has 0 amide bonds. The van der Waals surface area contributed by atoms with E-state index in [2.05, 4.69) is 138 Å². The van der Waals surface area contributed by atoms with Gasteiger partial charge in [-0.3, -0.25) is 0 Å². The molecule has 0 fully saturated rings. The summed E-state index contributed by atoms with van der Waals surface area (Å²) in [4.78, 5) is 0. The lowest BCUT2D eigenvalue weighted by Crippen LogP contribution is -2.45. The van der Waals surface area contributed by atoms with E-state index in [1.807, 2.05) is 0 Å². The lowest BCUT2D eigenvalue weighted by molar-refractivity contribution is 0.686. The number of hydrogen-bond acceptors (Lipinski definition) is 0. The van der Waals surface area contributed by atoms with Crippen LogP contribution in [0.3, 0.4) is 0 Å². The minimum atomic E-state index is -1.71. The smallest absolute Gasteiger partial charge is 0.0622 e. The van der Waals surface area contributed by atoms with Crippen LogP contribution in [0.4, 0.5) is 0 Å². The summed E-state index contributed by atoms with van der Waals surface area (Å²) in [6.45, 7) is 28.5. The number of hydrogen-bond donors (Lipinski definition) is 0. The molecule has 2 rings (SSSR count). The third-order valence-corrected chi connectivity index (χ3v) is 23.6. The van der Waals surface area contributed by atoms with Gasteiger partial charge in [-0.2, -0.15) is 0 Å². The van der Waals surface area contributed by atoms with Gasteiger partial charge in [-0.1, -0.05) is 90.1 Å². The van der Waals surface area contributed by atoms with Gasteiger partial charge in [0.2, 0.25) is 0 Å². The van der Waals surface area contributed by atoms with Crippen molar-refractivity contribution < 1.29 is 0 Å². The molecule has 0 aliphatic rings. The normalized spacial score (nSPS) is 14.3. The summed E-state index contributed by atoms with van der Waals surface area (Å²) < 4.78 is 0. The Morgan fingerprint density at radius 3 is 1.33 bits per heavy atom. The minimum absolute atomic E-state index is 0.197. The topological polar surface area (TPSA) is 0 Å². The Morgan fingerprint density at radius 2 is 0.933 bits per heavy atom. The molecule has 0 saturated carbocycles. The quantitative estimate of drug-likeness (QED) is 0.414. The van der Waals surface area contributed by atoms with Gasteiger partial charge in [-0.15, -0.1) is 0 Å². The van der Waals surface area contributed by atoms with E-state index in [9.17, 15) is 0 Å². The van der Waals surface area contributed by atoms with Crippen molar-refractivity contribution in [3.8, 4) is 11.1 Å². The molecule has 0 nitrogen and oxygen atoms in total. The first kappa shape index (κ1) is 25.6.